The van der Waals surface area contributed by atoms with Gasteiger partial charge in [-0.3, -0.25) is 14.4 Å². The number of likely N-dealkylation sites (tertiary alicyclic amines) is 1. The van der Waals surface area contributed by atoms with E-state index in [9.17, 15) is 18.8 Å². The van der Waals surface area contributed by atoms with Gasteiger partial charge < -0.3 is 35.6 Å². The Balaban J connectivity index is 0.00000600. The Kier molecular flexibility index (Phi) is 13.1. The third-order valence-electron chi connectivity index (χ3n) is 7.79. The maximum atomic E-state index is 13.9. The number of hydrogen-bond donors (Lipinski definition) is 4. The second-order valence-corrected chi connectivity index (χ2v) is 12.6. The van der Waals surface area contributed by atoms with Crippen LogP contribution in [0.2, 0.25) is 5.02 Å². The van der Waals surface area contributed by atoms with Gasteiger partial charge in [0.25, 0.3) is 0 Å². The van der Waals surface area contributed by atoms with Gasteiger partial charge in [-0.25, -0.2) is 14.4 Å². The molecule has 1 aliphatic heterocycles. The summed E-state index contributed by atoms with van der Waals surface area (Å²) in [5, 5.41) is 12.4. The molecule has 1 saturated heterocycles. The number of ether oxygens (including phenoxy) is 2. The average molecular weight is 695 g/mol. The molecule has 2 aromatic carbocycles. The summed E-state index contributed by atoms with van der Waals surface area (Å²) in [6, 6.07) is 5.45. The summed E-state index contributed by atoms with van der Waals surface area (Å²) in [5.74, 6) is -0.839. The minimum Gasteiger partial charge on any atom is -0.489 e. The van der Waals surface area contributed by atoms with Crippen LogP contribution in [0.4, 0.5) is 21.6 Å². The predicted octanol–water partition coefficient (Wildman–Crippen LogP) is 4.68. The molecule has 3 atom stereocenters. The number of carbonyl (C=O) groups is 3. The quantitative estimate of drug-likeness (QED) is 0.199. The highest BCUT2D eigenvalue weighted by molar-refractivity contribution is 6.31. The molecule has 4 N–H and O–H groups in total. The SMILES string of the molecule is CNC(C)C(=O)NC(C(=O)N1CCCC1C(=O)Nc1cc2c(Nc3ccc(F)c(Cl)c3)ncnc2cc1OCCOC)C(C)(C)C.Cl. The zero-order valence-corrected chi connectivity index (χ0v) is 28.9. The molecule has 47 heavy (non-hydrogen) atoms. The van der Waals surface area contributed by atoms with Gasteiger partial charge in [0, 0.05) is 30.8 Å². The van der Waals surface area contributed by atoms with Crippen molar-refractivity contribution in [1.29, 1.82) is 0 Å². The topological polar surface area (TPSA) is 147 Å². The van der Waals surface area contributed by atoms with Crippen LogP contribution in [0.5, 0.6) is 5.75 Å². The number of hydrogen-bond acceptors (Lipinski definition) is 9. The van der Waals surface area contributed by atoms with Crippen molar-refractivity contribution < 1.29 is 28.2 Å². The molecule has 1 fully saturated rings. The number of likely N-dealkylation sites (N-methyl/N-ethyl adjacent to an activating group) is 1. The minimum absolute atomic E-state index is 0. The highest BCUT2D eigenvalue weighted by Gasteiger charge is 2.42. The molecule has 2 heterocycles. The number of benzene rings is 2. The largest absolute Gasteiger partial charge is 0.489 e. The van der Waals surface area contributed by atoms with Gasteiger partial charge >= 0.3 is 0 Å². The van der Waals surface area contributed by atoms with E-state index in [2.05, 4.69) is 31.2 Å². The fraction of sp³-hybridized carbons (Fsp3) is 0.469. The monoisotopic (exact) mass is 693 g/mol. The summed E-state index contributed by atoms with van der Waals surface area (Å²) in [4.78, 5) is 50.8. The smallest absolute Gasteiger partial charge is 0.247 e. The lowest BCUT2D eigenvalue weighted by Gasteiger charge is -2.36. The highest BCUT2D eigenvalue weighted by atomic mass is 35.5. The highest BCUT2D eigenvalue weighted by Crippen LogP contribution is 2.35. The standard InChI is InChI=1S/C32H41ClFN7O5.ClH/c1-18(35-5)29(42)40-27(32(2,3)4)31(44)41-11-7-8-25(41)30(43)39-24-15-20-23(16-26(24)46-13-12-45-6)36-17-37-28(20)38-19-9-10-22(34)21(33)14-19;/h9-10,14-18,25,27,35H,7-8,11-13H2,1-6H3,(H,39,43)(H,40,42)(H,36,37,38);1H. The molecule has 3 amide bonds. The lowest BCUT2D eigenvalue weighted by atomic mass is 9.85. The number of fused-ring (bicyclic) bond motifs is 1. The van der Waals surface area contributed by atoms with E-state index in [1.165, 1.54) is 29.4 Å². The number of amides is 3. The molecule has 0 bridgehead atoms. The van der Waals surface area contributed by atoms with E-state index in [0.29, 0.717) is 59.8 Å². The minimum atomic E-state index is -0.844. The molecule has 1 aromatic heterocycles. The second kappa shape index (κ2) is 16.4. The molecule has 3 aromatic rings. The van der Waals surface area contributed by atoms with Gasteiger partial charge in [0.15, 0.2) is 0 Å². The molecular formula is C32H42Cl2FN7O5. The van der Waals surface area contributed by atoms with E-state index in [1.807, 2.05) is 20.8 Å². The Labute approximate surface area is 284 Å². The van der Waals surface area contributed by atoms with E-state index in [0.717, 1.165) is 0 Å². The summed E-state index contributed by atoms with van der Waals surface area (Å²) in [5.41, 5.74) is 0.754. The number of nitrogens with zero attached hydrogens (tertiary/aromatic N) is 3. The number of nitrogens with one attached hydrogen (secondary N) is 4. The Morgan fingerprint density at radius 1 is 1.15 bits per heavy atom. The zero-order valence-electron chi connectivity index (χ0n) is 27.3. The molecule has 0 spiro atoms. The fourth-order valence-electron chi connectivity index (χ4n) is 5.08. The first kappa shape index (κ1) is 37.7. The molecule has 15 heteroatoms. The van der Waals surface area contributed by atoms with Crippen LogP contribution in [0, 0.1) is 11.2 Å². The van der Waals surface area contributed by atoms with Crippen molar-refractivity contribution in [2.75, 3.05) is 44.5 Å². The Morgan fingerprint density at radius 3 is 2.55 bits per heavy atom. The van der Waals surface area contributed by atoms with Crippen molar-refractivity contribution in [3.05, 3.63) is 47.5 Å². The first-order valence-electron chi connectivity index (χ1n) is 15.1. The lowest BCUT2D eigenvalue weighted by Crippen LogP contribution is -2.59. The van der Waals surface area contributed by atoms with Crippen LogP contribution in [-0.2, 0) is 19.1 Å². The van der Waals surface area contributed by atoms with Crippen molar-refractivity contribution in [3.8, 4) is 5.75 Å². The second-order valence-electron chi connectivity index (χ2n) is 12.2. The number of carbonyl (C=O) groups excluding carboxylic acids is 3. The molecule has 256 valence electrons. The third-order valence-corrected chi connectivity index (χ3v) is 8.08. The first-order valence-corrected chi connectivity index (χ1v) is 15.4. The number of methoxy groups -OCH3 is 1. The van der Waals surface area contributed by atoms with Crippen molar-refractivity contribution in [3.63, 3.8) is 0 Å². The molecule has 4 rings (SSSR count). The molecule has 1 aliphatic rings. The number of anilines is 3. The molecule has 0 saturated carbocycles. The van der Waals surface area contributed by atoms with E-state index in [-0.39, 0.29) is 35.9 Å². The van der Waals surface area contributed by atoms with E-state index in [4.69, 9.17) is 21.1 Å². The Hall–Kier alpha value is -3.78. The van der Waals surface area contributed by atoms with Gasteiger partial charge in [0.05, 0.1) is 28.9 Å². The maximum Gasteiger partial charge on any atom is 0.247 e. The van der Waals surface area contributed by atoms with Crippen LogP contribution in [0.3, 0.4) is 0 Å². The fourth-order valence-corrected chi connectivity index (χ4v) is 5.26. The zero-order chi connectivity index (χ0) is 33.6. The molecule has 0 radical (unpaired) electrons. The van der Waals surface area contributed by atoms with Crippen molar-refractivity contribution in [1.82, 2.24) is 25.5 Å². The van der Waals surface area contributed by atoms with Crippen LogP contribution in [0.25, 0.3) is 10.9 Å². The van der Waals surface area contributed by atoms with Crippen molar-refractivity contribution in [2.24, 2.45) is 5.41 Å². The maximum absolute atomic E-state index is 13.9. The summed E-state index contributed by atoms with van der Waals surface area (Å²) >= 11 is 5.97. The van der Waals surface area contributed by atoms with Gasteiger partial charge in [0.2, 0.25) is 17.7 Å². The first-order chi connectivity index (χ1) is 21.8. The molecule has 3 unspecified atom stereocenters. The summed E-state index contributed by atoms with van der Waals surface area (Å²) < 4.78 is 24.8. The van der Waals surface area contributed by atoms with Crippen LogP contribution in [-0.4, -0.2) is 84.6 Å². The lowest BCUT2D eigenvalue weighted by molar-refractivity contribution is -0.143. The van der Waals surface area contributed by atoms with Crippen molar-refractivity contribution >= 4 is 69.8 Å². The number of aromatic nitrogens is 2. The van der Waals surface area contributed by atoms with E-state index in [1.54, 1.807) is 33.2 Å². The van der Waals surface area contributed by atoms with Crippen LogP contribution in [0.15, 0.2) is 36.7 Å². The van der Waals surface area contributed by atoms with E-state index < -0.39 is 35.3 Å². The van der Waals surface area contributed by atoms with Gasteiger partial charge in [-0.05, 0) is 56.5 Å². The number of halogens is 3. The van der Waals surface area contributed by atoms with Gasteiger partial charge in [-0.1, -0.05) is 32.4 Å². The molecule has 12 nitrogen and oxygen atoms in total. The average Bonchev–Trinajstić information content (AvgIpc) is 3.51. The predicted molar refractivity (Wildman–Crippen MR) is 182 cm³/mol. The number of rotatable bonds is 12. The van der Waals surface area contributed by atoms with Gasteiger partial charge in [-0.15, -0.1) is 12.4 Å². The van der Waals surface area contributed by atoms with E-state index >= 15 is 0 Å². The van der Waals surface area contributed by atoms with Crippen LogP contribution < -0.4 is 26.0 Å². The Morgan fingerprint density at radius 2 is 1.89 bits per heavy atom. The van der Waals surface area contributed by atoms with Gasteiger partial charge in [0.1, 0.15) is 42.4 Å². The summed E-state index contributed by atoms with van der Waals surface area (Å²) in [6.07, 6.45) is 2.44. The summed E-state index contributed by atoms with van der Waals surface area (Å²) in [7, 11) is 3.22. The molecule has 0 aliphatic carbocycles. The van der Waals surface area contributed by atoms with Crippen LogP contribution in [0.1, 0.15) is 40.5 Å². The Bertz CT molecular complexity index is 1590. The molecular weight excluding hydrogens is 652 g/mol. The summed E-state index contributed by atoms with van der Waals surface area (Å²) in [6.45, 7) is 8.22. The third kappa shape index (κ3) is 9.19. The van der Waals surface area contributed by atoms with Crippen LogP contribution >= 0.6 is 24.0 Å². The van der Waals surface area contributed by atoms with Gasteiger partial charge in [-0.2, -0.15) is 0 Å². The normalized spacial score (nSPS) is 15.8. The van der Waals surface area contributed by atoms with Crippen molar-refractivity contribution in [2.45, 2.75) is 58.7 Å².